The second-order valence-corrected chi connectivity index (χ2v) is 6.65. The maximum atomic E-state index is 12.3. The van der Waals surface area contributed by atoms with Gasteiger partial charge in [0.15, 0.2) is 0 Å². The molecule has 0 aliphatic heterocycles. The van der Waals surface area contributed by atoms with Crippen molar-refractivity contribution in [2.24, 2.45) is 0 Å². The molecule has 0 bridgehead atoms. The van der Waals surface area contributed by atoms with Gasteiger partial charge in [0.2, 0.25) is 5.95 Å². The van der Waals surface area contributed by atoms with Crippen molar-refractivity contribution in [2.45, 2.75) is 12.8 Å². The highest BCUT2D eigenvalue weighted by Crippen LogP contribution is 2.11. The first kappa shape index (κ1) is 20.3. The van der Waals surface area contributed by atoms with Gasteiger partial charge in [-0.1, -0.05) is 12.1 Å². The monoisotopic (exact) mass is 391 g/mol. The van der Waals surface area contributed by atoms with Gasteiger partial charge in [-0.25, -0.2) is 9.97 Å². The summed E-state index contributed by atoms with van der Waals surface area (Å²) in [5, 5.41) is 2.90. The number of anilines is 1. The lowest BCUT2D eigenvalue weighted by molar-refractivity contribution is 0.0953. The fourth-order valence-electron chi connectivity index (χ4n) is 2.80. The molecule has 7 heteroatoms. The summed E-state index contributed by atoms with van der Waals surface area (Å²) in [5.74, 6) is 1.24. The van der Waals surface area contributed by atoms with Crippen molar-refractivity contribution in [2.75, 3.05) is 32.1 Å². The molecule has 2 aromatic heterocycles. The average molecular weight is 391 g/mol. The predicted molar refractivity (Wildman–Crippen MR) is 112 cm³/mol. The van der Waals surface area contributed by atoms with Crippen molar-refractivity contribution < 1.29 is 9.53 Å². The molecule has 0 aliphatic carbocycles. The first-order chi connectivity index (χ1) is 14.2. The number of amides is 1. The smallest absolute Gasteiger partial charge is 0.254 e. The molecule has 29 heavy (non-hydrogen) atoms. The number of benzene rings is 1. The summed E-state index contributed by atoms with van der Waals surface area (Å²) < 4.78 is 5.14. The summed E-state index contributed by atoms with van der Waals surface area (Å²) in [6, 6.07) is 11.8. The molecule has 3 aromatic rings. The summed E-state index contributed by atoms with van der Waals surface area (Å²) in [4.78, 5) is 26.9. The number of carbonyl (C=O) groups excluding carboxylic acids is 1. The Morgan fingerprint density at radius 1 is 1.00 bits per heavy atom. The average Bonchev–Trinajstić information content (AvgIpc) is 2.78. The molecule has 0 spiro atoms. The number of pyridine rings is 1. The minimum absolute atomic E-state index is 0.176. The highest BCUT2D eigenvalue weighted by molar-refractivity contribution is 5.93. The molecule has 7 nitrogen and oxygen atoms in total. The normalized spacial score (nSPS) is 10.4. The topological polar surface area (TPSA) is 80.2 Å². The number of likely N-dealkylation sites (N-methyl/N-ethyl adjacent to an activating group) is 1. The van der Waals surface area contributed by atoms with E-state index in [1.54, 1.807) is 31.9 Å². The fraction of sp³-hybridized carbons (Fsp3) is 0.273. The van der Waals surface area contributed by atoms with Crippen molar-refractivity contribution in [3.63, 3.8) is 0 Å². The Bertz CT molecular complexity index is 899. The Hall–Kier alpha value is -3.48. The van der Waals surface area contributed by atoms with Gasteiger partial charge in [-0.2, -0.15) is 0 Å². The third-order valence-corrected chi connectivity index (χ3v) is 4.59. The zero-order valence-electron chi connectivity index (χ0n) is 16.7. The Morgan fingerprint density at radius 2 is 1.66 bits per heavy atom. The van der Waals surface area contributed by atoms with Crippen LogP contribution in [-0.4, -0.2) is 48.1 Å². The van der Waals surface area contributed by atoms with E-state index in [1.807, 2.05) is 48.3 Å². The number of nitrogens with zero attached hydrogens (tertiary/aromatic N) is 4. The van der Waals surface area contributed by atoms with E-state index in [9.17, 15) is 4.79 Å². The van der Waals surface area contributed by atoms with Crippen LogP contribution in [0, 0.1) is 0 Å². The Balaban J connectivity index is 1.46. The number of methoxy groups -OCH3 is 1. The number of carbonyl (C=O) groups is 1. The zero-order chi connectivity index (χ0) is 20.5. The second kappa shape index (κ2) is 10.2. The van der Waals surface area contributed by atoms with Gasteiger partial charge >= 0.3 is 0 Å². The van der Waals surface area contributed by atoms with Crippen LogP contribution in [-0.2, 0) is 12.8 Å². The van der Waals surface area contributed by atoms with Gasteiger partial charge in [0, 0.05) is 44.9 Å². The van der Waals surface area contributed by atoms with Crippen LogP contribution < -0.4 is 15.0 Å². The van der Waals surface area contributed by atoms with E-state index >= 15 is 0 Å². The third kappa shape index (κ3) is 6.00. The molecule has 0 saturated carbocycles. The van der Waals surface area contributed by atoms with Crippen LogP contribution >= 0.6 is 0 Å². The largest absolute Gasteiger partial charge is 0.497 e. The number of ether oxygens (including phenoxy) is 1. The standard InChI is InChI=1S/C22H25N5O2/c1-27(14-10-18-7-11-23-12-8-18)22-25-15-19(16-26-22)21(28)24-13-9-17-3-5-20(29-2)6-4-17/h3-8,11-12,15-16H,9-10,13-14H2,1-2H3,(H,24,28). The number of hydrogen-bond donors (Lipinski definition) is 1. The molecule has 0 unspecified atom stereocenters. The molecule has 1 amide bonds. The summed E-state index contributed by atoms with van der Waals surface area (Å²) in [6.07, 6.45) is 8.31. The van der Waals surface area contributed by atoms with Crippen LogP contribution in [0.3, 0.4) is 0 Å². The SMILES string of the molecule is COc1ccc(CCNC(=O)c2cnc(N(C)CCc3ccncc3)nc2)cc1. The predicted octanol–water partition coefficient (Wildman–Crippen LogP) is 2.53. The van der Waals surface area contributed by atoms with Crippen molar-refractivity contribution in [3.8, 4) is 5.75 Å². The van der Waals surface area contributed by atoms with Gasteiger partial charge in [0.25, 0.3) is 5.91 Å². The highest BCUT2D eigenvalue weighted by atomic mass is 16.5. The molecule has 2 heterocycles. The van der Waals surface area contributed by atoms with Crippen molar-refractivity contribution in [1.82, 2.24) is 20.3 Å². The molecule has 1 N–H and O–H groups in total. The number of nitrogens with one attached hydrogen (secondary N) is 1. The van der Waals surface area contributed by atoms with Crippen LogP contribution in [0.5, 0.6) is 5.75 Å². The van der Waals surface area contributed by atoms with E-state index in [0.717, 1.165) is 30.7 Å². The molecule has 0 saturated heterocycles. The summed E-state index contributed by atoms with van der Waals surface area (Å²) in [7, 11) is 3.58. The zero-order valence-corrected chi connectivity index (χ0v) is 16.7. The van der Waals surface area contributed by atoms with Gasteiger partial charge in [0.1, 0.15) is 5.75 Å². The fourth-order valence-corrected chi connectivity index (χ4v) is 2.80. The van der Waals surface area contributed by atoms with Crippen molar-refractivity contribution in [1.29, 1.82) is 0 Å². The molecule has 0 fully saturated rings. The van der Waals surface area contributed by atoms with Crippen LogP contribution in [0.4, 0.5) is 5.95 Å². The number of hydrogen-bond acceptors (Lipinski definition) is 6. The Labute approximate surface area is 170 Å². The van der Waals surface area contributed by atoms with Crippen LogP contribution in [0.1, 0.15) is 21.5 Å². The van der Waals surface area contributed by atoms with Crippen molar-refractivity contribution in [3.05, 3.63) is 77.9 Å². The summed E-state index contributed by atoms with van der Waals surface area (Å²) in [6.45, 7) is 1.32. The van der Waals surface area contributed by atoms with Crippen LogP contribution in [0.25, 0.3) is 0 Å². The minimum atomic E-state index is -0.176. The lowest BCUT2D eigenvalue weighted by Gasteiger charge is -2.16. The number of rotatable bonds is 9. The highest BCUT2D eigenvalue weighted by Gasteiger charge is 2.09. The summed E-state index contributed by atoms with van der Waals surface area (Å²) >= 11 is 0. The van der Waals surface area contributed by atoms with Crippen LogP contribution in [0.2, 0.25) is 0 Å². The molecule has 0 radical (unpaired) electrons. The third-order valence-electron chi connectivity index (χ3n) is 4.59. The molecule has 150 valence electrons. The lowest BCUT2D eigenvalue weighted by Crippen LogP contribution is -2.27. The van der Waals surface area contributed by atoms with Gasteiger partial charge in [0.05, 0.1) is 12.7 Å². The second-order valence-electron chi connectivity index (χ2n) is 6.65. The minimum Gasteiger partial charge on any atom is -0.497 e. The molecule has 1 aromatic carbocycles. The maximum Gasteiger partial charge on any atom is 0.254 e. The van der Waals surface area contributed by atoms with E-state index in [0.29, 0.717) is 18.1 Å². The van der Waals surface area contributed by atoms with Crippen LogP contribution in [0.15, 0.2) is 61.2 Å². The number of aromatic nitrogens is 3. The van der Waals surface area contributed by atoms with Crippen molar-refractivity contribution >= 4 is 11.9 Å². The van der Waals surface area contributed by atoms with E-state index in [2.05, 4.69) is 20.3 Å². The molecule has 0 atom stereocenters. The maximum absolute atomic E-state index is 12.3. The molecular weight excluding hydrogens is 366 g/mol. The first-order valence-corrected chi connectivity index (χ1v) is 9.49. The Kier molecular flexibility index (Phi) is 7.10. The van der Waals surface area contributed by atoms with Gasteiger partial charge in [-0.05, 0) is 48.2 Å². The van der Waals surface area contributed by atoms with Gasteiger partial charge < -0.3 is 15.0 Å². The quantitative estimate of drug-likeness (QED) is 0.604. The summed E-state index contributed by atoms with van der Waals surface area (Å²) in [5.41, 5.74) is 2.79. The molecular formula is C22H25N5O2. The Morgan fingerprint density at radius 3 is 2.31 bits per heavy atom. The van der Waals surface area contributed by atoms with E-state index in [4.69, 9.17) is 4.74 Å². The van der Waals surface area contributed by atoms with E-state index in [-0.39, 0.29) is 5.91 Å². The molecule has 0 aliphatic rings. The molecule has 3 rings (SSSR count). The van der Waals surface area contributed by atoms with E-state index in [1.165, 1.54) is 5.56 Å². The van der Waals surface area contributed by atoms with Gasteiger partial charge in [-0.3, -0.25) is 9.78 Å². The lowest BCUT2D eigenvalue weighted by atomic mass is 10.1. The van der Waals surface area contributed by atoms with E-state index < -0.39 is 0 Å². The first-order valence-electron chi connectivity index (χ1n) is 9.49. The van der Waals surface area contributed by atoms with Gasteiger partial charge in [-0.15, -0.1) is 0 Å².